The summed E-state index contributed by atoms with van der Waals surface area (Å²) in [5.41, 5.74) is 0.830. The summed E-state index contributed by atoms with van der Waals surface area (Å²) in [6, 6.07) is 6.79. The predicted molar refractivity (Wildman–Crippen MR) is 66.2 cm³/mol. The van der Waals surface area contributed by atoms with E-state index in [1.165, 1.54) is 14.0 Å². The second kappa shape index (κ2) is 6.64. The second-order valence-electron chi connectivity index (χ2n) is 3.81. The van der Waals surface area contributed by atoms with Crippen LogP contribution in [0.15, 0.2) is 24.3 Å². The average molecular weight is 251 g/mol. The molecule has 0 aliphatic carbocycles. The summed E-state index contributed by atoms with van der Waals surface area (Å²) in [6.07, 6.45) is 0.0996. The number of hydrogen-bond donors (Lipinski definition) is 1. The van der Waals surface area contributed by atoms with Gasteiger partial charge < -0.3 is 14.8 Å². The van der Waals surface area contributed by atoms with E-state index >= 15 is 0 Å². The van der Waals surface area contributed by atoms with Crippen LogP contribution in [0.5, 0.6) is 5.75 Å². The van der Waals surface area contributed by atoms with Crippen LogP contribution in [0.3, 0.4) is 0 Å². The normalized spacial score (nSPS) is 11.5. The number of carbonyl (C=O) groups is 2. The van der Waals surface area contributed by atoms with E-state index in [1.54, 1.807) is 19.2 Å². The van der Waals surface area contributed by atoms with E-state index in [0.29, 0.717) is 0 Å². The van der Waals surface area contributed by atoms with Crippen LogP contribution >= 0.6 is 0 Å². The lowest BCUT2D eigenvalue weighted by molar-refractivity contribution is -0.141. The molecule has 1 aromatic carbocycles. The van der Waals surface area contributed by atoms with Crippen molar-refractivity contribution in [3.63, 3.8) is 0 Å². The third-order valence-electron chi connectivity index (χ3n) is 2.49. The monoisotopic (exact) mass is 251 g/mol. The Bertz CT molecular complexity index is 414. The van der Waals surface area contributed by atoms with Crippen LogP contribution in [-0.2, 0) is 14.3 Å². The average Bonchev–Trinajstić information content (AvgIpc) is 2.37. The smallest absolute Gasteiger partial charge is 0.307 e. The van der Waals surface area contributed by atoms with Gasteiger partial charge >= 0.3 is 5.97 Å². The Balaban J connectivity index is 2.86. The van der Waals surface area contributed by atoms with Crippen molar-refractivity contribution in [1.29, 1.82) is 0 Å². The molecule has 1 amide bonds. The second-order valence-corrected chi connectivity index (χ2v) is 3.81. The molecule has 0 aliphatic rings. The van der Waals surface area contributed by atoms with E-state index in [0.717, 1.165) is 11.3 Å². The number of benzene rings is 1. The lowest BCUT2D eigenvalue weighted by Crippen LogP contribution is -2.28. The molecule has 0 spiro atoms. The Labute approximate surface area is 106 Å². The number of methoxy groups -OCH3 is 2. The summed E-state index contributed by atoms with van der Waals surface area (Å²) in [4.78, 5) is 22.4. The SMILES string of the molecule is COC(=O)C[C@H](NC(C)=O)c1ccc(OC)cc1. The molecule has 0 saturated heterocycles. The summed E-state index contributed by atoms with van der Waals surface area (Å²) < 4.78 is 9.67. The molecule has 98 valence electrons. The number of esters is 1. The highest BCUT2D eigenvalue weighted by atomic mass is 16.5. The van der Waals surface area contributed by atoms with Gasteiger partial charge in [0.15, 0.2) is 0 Å². The minimum Gasteiger partial charge on any atom is -0.497 e. The molecule has 5 heteroatoms. The molecule has 0 bridgehead atoms. The fraction of sp³-hybridized carbons (Fsp3) is 0.385. The molecule has 0 saturated carbocycles. The molecule has 0 heterocycles. The van der Waals surface area contributed by atoms with Crippen molar-refractivity contribution in [3.8, 4) is 5.75 Å². The molecule has 0 aromatic heterocycles. The summed E-state index contributed by atoms with van der Waals surface area (Å²) >= 11 is 0. The zero-order valence-electron chi connectivity index (χ0n) is 10.7. The first kappa shape index (κ1) is 14.0. The highest BCUT2D eigenvalue weighted by molar-refractivity contribution is 5.75. The first-order chi connectivity index (χ1) is 8.56. The van der Waals surface area contributed by atoms with E-state index in [1.807, 2.05) is 12.1 Å². The van der Waals surface area contributed by atoms with E-state index in [2.05, 4.69) is 10.1 Å². The number of amides is 1. The molecule has 0 aliphatic heterocycles. The molecular weight excluding hydrogens is 234 g/mol. The van der Waals surface area contributed by atoms with Crippen LogP contribution in [0, 0.1) is 0 Å². The Morgan fingerprint density at radius 1 is 1.22 bits per heavy atom. The van der Waals surface area contributed by atoms with Gasteiger partial charge in [0.1, 0.15) is 5.75 Å². The van der Waals surface area contributed by atoms with Gasteiger partial charge in [-0.05, 0) is 17.7 Å². The predicted octanol–water partition coefficient (Wildman–Crippen LogP) is 1.44. The van der Waals surface area contributed by atoms with Gasteiger partial charge in [0.05, 0.1) is 26.7 Å². The molecule has 5 nitrogen and oxygen atoms in total. The van der Waals surface area contributed by atoms with Crippen LogP contribution < -0.4 is 10.1 Å². The molecule has 0 unspecified atom stereocenters. The maximum absolute atomic E-state index is 11.3. The van der Waals surface area contributed by atoms with Gasteiger partial charge in [-0.3, -0.25) is 9.59 Å². The van der Waals surface area contributed by atoms with Crippen molar-refractivity contribution in [3.05, 3.63) is 29.8 Å². The number of carbonyl (C=O) groups excluding carboxylic acids is 2. The lowest BCUT2D eigenvalue weighted by atomic mass is 10.0. The first-order valence-corrected chi connectivity index (χ1v) is 5.54. The Morgan fingerprint density at radius 2 is 1.83 bits per heavy atom. The minimum absolute atomic E-state index is 0.0996. The van der Waals surface area contributed by atoms with Gasteiger partial charge in [-0.15, -0.1) is 0 Å². The molecule has 1 rings (SSSR count). The number of hydrogen-bond acceptors (Lipinski definition) is 4. The molecule has 1 N–H and O–H groups in total. The fourth-order valence-corrected chi connectivity index (χ4v) is 1.58. The van der Waals surface area contributed by atoms with Gasteiger partial charge in [0.2, 0.25) is 5.91 Å². The van der Waals surface area contributed by atoms with E-state index in [9.17, 15) is 9.59 Å². The summed E-state index contributed by atoms with van der Waals surface area (Å²) in [5.74, 6) is 0.155. The van der Waals surface area contributed by atoms with Crippen LogP contribution in [0.1, 0.15) is 24.9 Å². The fourth-order valence-electron chi connectivity index (χ4n) is 1.58. The van der Waals surface area contributed by atoms with Crippen LogP contribution in [0.2, 0.25) is 0 Å². The third-order valence-corrected chi connectivity index (χ3v) is 2.49. The molecule has 1 atom stereocenters. The van der Waals surface area contributed by atoms with Crippen molar-refractivity contribution < 1.29 is 19.1 Å². The van der Waals surface area contributed by atoms with Crippen LogP contribution in [0.25, 0.3) is 0 Å². The van der Waals surface area contributed by atoms with Crippen molar-refractivity contribution >= 4 is 11.9 Å². The van der Waals surface area contributed by atoms with Gasteiger partial charge in [-0.1, -0.05) is 12.1 Å². The maximum Gasteiger partial charge on any atom is 0.307 e. The Morgan fingerprint density at radius 3 is 2.28 bits per heavy atom. The van der Waals surface area contributed by atoms with Crippen molar-refractivity contribution in [1.82, 2.24) is 5.32 Å². The Kier molecular flexibility index (Phi) is 5.17. The highest BCUT2D eigenvalue weighted by Crippen LogP contribution is 2.20. The molecule has 0 radical (unpaired) electrons. The summed E-state index contributed by atoms with van der Waals surface area (Å²) in [6.45, 7) is 1.41. The molecule has 1 aromatic rings. The number of nitrogens with one attached hydrogen (secondary N) is 1. The van der Waals surface area contributed by atoms with Crippen LogP contribution in [-0.4, -0.2) is 26.1 Å². The zero-order valence-corrected chi connectivity index (χ0v) is 10.7. The number of ether oxygens (including phenoxy) is 2. The lowest BCUT2D eigenvalue weighted by Gasteiger charge is -2.17. The maximum atomic E-state index is 11.3. The van der Waals surface area contributed by atoms with Crippen LogP contribution in [0.4, 0.5) is 0 Å². The van der Waals surface area contributed by atoms with Crippen molar-refractivity contribution in [2.45, 2.75) is 19.4 Å². The Hall–Kier alpha value is -2.04. The number of rotatable bonds is 5. The van der Waals surface area contributed by atoms with E-state index in [-0.39, 0.29) is 24.3 Å². The van der Waals surface area contributed by atoms with Gasteiger partial charge in [-0.25, -0.2) is 0 Å². The minimum atomic E-state index is -0.388. The van der Waals surface area contributed by atoms with Gasteiger partial charge in [-0.2, -0.15) is 0 Å². The quantitative estimate of drug-likeness (QED) is 0.804. The van der Waals surface area contributed by atoms with E-state index in [4.69, 9.17) is 4.74 Å². The standard InChI is InChI=1S/C13H17NO4/c1-9(15)14-12(8-13(16)18-3)10-4-6-11(17-2)7-5-10/h4-7,12H,8H2,1-3H3,(H,14,15)/t12-/m0/s1. The highest BCUT2D eigenvalue weighted by Gasteiger charge is 2.17. The third kappa shape index (κ3) is 4.08. The topological polar surface area (TPSA) is 64.6 Å². The molecular formula is C13H17NO4. The van der Waals surface area contributed by atoms with E-state index < -0.39 is 0 Å². The van der Waals surface area contributed by atoms with Crippen molar-refractivity contribution in [2.75, 3.05) is 14.2 Å². The molecule has 18 heavy (non-hydrogen) atoms. The largest absolute Gasteiger partial charge is 0.497 e. The zero-order chi connectivity index (χ0) is 13.5. The summed E-state index contributed by atoms with van der Waals surface area (Å²) in [7, 11) is 2.90. The summed E-state index contributed by atoms with van der Waals surface area (Å²) in [5, 5.41) is 2.72. The van der Waals surface area contributed by atoms with Gasteiger partial charge in [0, 0.05) is 6.92 Å². The van der Waals surface area contributed by atoms with Crippen molar-refractivity contribution in [2.24, 2.45) is 0 Å². The molecule has 0 fully saturated rings. The van der Waals surface area contributed by atoms with Gasteiger partial charge in [0.25, 0.3) is 0 Å². The first-order valence-electron chi connectivity index (χ1n) is 5.54.